The summed E-state index contributed by atoms with van der Waals surface area (Å²) in [7, 11) is 0. The van der Waals surface area contributed by atoms with Crippen molar-refractivity contribution in [3.05, 3.63) is 23.2 Å². The van der Waals surface area contributed by atoms with Gasteiger partial charge < -0.3 is 10.2 Å². The topological polar surface area (TPSA) is 39.2 Å². The molecule has 1 heterocycles. The van der Waals surface area contributed by atoms with Crippen molar-refractivity contribution in [3.8, 4) is 0 Å². The maximum absolute atomic E-state index is 5.71. The van der Waals surface area contributed by atoms with Gasteiger partial charge in [0.2, 0.25) is 0 Å². The number of aryl methyl sites for hydroxylation is 1. The van der Waals surface area contributed by atoms with Crippen molar-refractivity contribution in [2.75, 3.05) is 6.54 Å². The lowest BCUT2D eigenvalue weighted by atomic mass is 9.94. The van der Waals surface area contributed by atoms with E-state index < -0.39 is 0 Å². The van der Waals surface area contributed by atoms with Gasteiger partial charge in [0, 0.05) is 5.92 Å². The van der Waals surface area contributed by atoms with Crippen LogP contribution in [0.5, 0.6) is 0 Å². The number of hydrogen-bond acceptors (Lipinski definition) is 2. The van der Waals surface area contributed by atoms with E-state index in [0.29, 0.717) is 11.8 Å². The molecule has 2 nitrogen and oxygen atoms in total. The van der Waals surface area contributed by atoms with Crippen LogP contribution in [-0.2, 0) is 6.42 Å². The minimum absolute atomic E-state index is 0.564. The first-order valence-corrected chi connectivity index (χ1v) is 5.01. The van der Waals surface area contributed by atoms with E-state index in [4.69, 9.17) is 10.2 Å². The van der Waals surface area contributed by atoms with Gasteiger partial charge in [0.05, 0.1) is 0 Å². The van der Waals surface area contributed by atoms with Gasteiger partial charge in [-0.15, -0.1) is 0 Å². The fourth-order valence-electron chi connectivity index (χ4n) is 2.40. The third-order valence-electron chi connectivity index (χ3n) is 3.01. The van der Waals surface area contributed by atoms with Crippen molar-refractivity contribution < 1.29 is 4.42 Å². The van der Waals surface area contributed by atoms with Crippen LogP contribution in [0, 0.1) is 12.8 Å². The first-order valence-electron chi connectivity index (χ1n) is 5.01. The lowest BCUT2D eigenvalue weighted by Gasteiger charge is -2.13. The number of nitrogens with two attached hydrogens (primary N) is 1. The number of fused-ring (bicyclic) bond motifs is 1. The molecule has 1 aromatic rings. The highest BCUT2D eigenvalue weighted by Gasteiger charge is 2.32. The summed E-state index contributed by atoms with van der Waals surface area (Å²) in [5.41, 5.74) is 7.00. The molecule has 1 aromatic heterocycles. The second-order valence-electron chi connectivity index (χ2n) is 4.11. The van der Waals surface area contributed by atoms with Crippen LogP contribution in [0.1, 0.15) is 36.3 Å². The van der Waals surface area contributed by atoms with Gasteiger partial charge in [0.25, 0.3) is 0 Å². The van der Waals surface area contributed by atoms with Crippen LogP contribution in [0.3, 0.4) is 0 Å². The molecule has 0 bridgehead atoms. The van der Waals surface area contributed by atoms with Gasteiger partial charge in [0.1, 0.15) is 11.5 Å². The van der Waals surface area contributed by atoms with E-state index in [9.17, 15) is 0 Å². The van der Waals surface area contributed by atoms with Crippen LogP contribution in [0.2, 0.25) is 0 Å². The highest BCUT2D eigenvalue weighted by atomic mass is 16.3. The van der Waals surface area contributed by atoms with E-state index in [2.05, 4.69) is 13.0 Å². The Balaban J connectivity index is 2.27. The summed E-state index contributed by atoms with van der Waals surface area (Å²) in [5.74, 6) is 3.51. The zero-order valence-electron chi connectivity index (χ0n) is 8.34. The Hall–Kier alpha value is -0.760. The molecule has 1 aliphatic rings. The zero-order chi connectivity index (χ0) is 9.42. The van der Waals surface area contributed by atoms with Crippen LogP contribution >= 0.6 is 0 Å². The van der Waals surface area contributed by atoms with Gasteiger partial charge >= 0.3 is 0 Å². The quantitative estimate of drug-likeness (QED) is 0.756. The molecular formula is C11H17NO. The molecule has 0 radical (unpaired) electrons. The van der Waals surface area contributed by atoms with Crippen molar-refractivity contribution in [1.82, 2.24) is 0 Å². The van der Waals surface area contributed by atoms with E-state index in [-0.39, 0.29) is 0 Å². The van der Waals surface area contributed by atoms with E-state index in [0.717, 1.165) is 25.1 Å². The molecule has 2 rings (SSSR count). The first-order chi connectivity index (χ1) is 6.22. The van der Waals surface area contributed by atoms with Crippen LogP contribution in [-0.4, -0.2) is 6.54 Å². The Morgan fingerprint density at radius 2 is 2.38 bits per heavy atom. The molecule has 2 atom stereocenters. The van der Waals surface area contributed by atoms with Crippen molar-refractivity contribution >= 4 is 0 Å². The maximum Gasteiger partial charge on any atom is 0.110 e. The predicted octanol–water partition coefficient (Wildman–Crippen LogP) is 2.21. The smallest absolute Gasteiger partial charge is 0.110 e. The van der Waals surface area contributed by atoms with Crippen LogP contribution in [0.25, 0.3) is 0 Å². The molecule has 2 heteroatoms. The van der Waals surface area contributed by atoms with E-state index in [1.165, 1.54) is 11.3 Å². The zero-order valence-corrected chi connectivity index (χ0v) is 8.34. The molecule has 1 aliphatic carbocycles. The Bertz CT molecular complexity index is 303. The van der Waals surface area contributed by atoms with Crippen molar-refractivity contribution in [1.29, 1.82) is 0 Å². The fraction of sp³-hybridized carbons (Fsp3) is 0.636. The van der Waals surface area contributed by atoms with Crippen molar-refractivity contribution in [2.24, 2.45) is 11.7 Å². The van der Waals surface area contributed by atoms with Gasteiger partial charge in [-0.1, -0.05) is 6.92 Å². The summed E-state index contributed by atoms with van der Waals surface area (Å²) in [6, 6.07) is 2.17. The summed E-state index contributed by atoms with van der Waals surface area (Å²) in [4.78, 5) is 0. The molecular weight excluding hydrogens is 162 g/mol. The Morgan fingerprint density at radius 3 is 3.08 bits per heavy atom. The average Bonchev–Trinajstić information content (AvgIpc) is 2.52. The summed E-state index contributed by atoms with van der Waals surface area (Å²) in [6.45, 7) is 5.06. The van der Waals surface area contributed by atoms with E-state index in [1.54, 1.807) is 0 Å². The minimum Gasteiger partial charge on any atom is -0.466 e. The summed E-state index contributed by atoms with van der Waals surface area (Å²) >= 11 is 0. The Morgan fingerprint density at radius 1 is 1.62 bits per heavy atom. The number of furan rings is 1. The van der Waals surface area contributed by atoms with Gasteiger partial charge in [-0.3, -0.25) is 0 Å². The third kappa shape index (κ3) is 1.39. The Kier molecular flexibility index (Phi) is 2.16. The molecule has 72 valence electrons. The van der Waals surface area contributed by atoms with Crippen molar-refractivity contribution in [2.45, 2.75) is 32.6 Å². The molecule has 0 amide bonds. The average molecular weight is 179 g/mol. The maximum atomic E-state index is 5.71. The fourth-order valence-corrected chi connectivity index (χ4v) is 2.40. The molecule has 0 aromatic carbocycles. The summed E-state index contributed by atoms with van der Waals surface area (Å²) in [6.07, 6.45) is 2.22. The largest absolute Gasteiger partial charge is 0.466 e. The SMILES string of the molecule is Cc1cc2c(o1)C(CCN)C(C)C2. The number of hydrogen-bond donors (Lipinski definition) is 1. The van der Waals surface area contributed by atoms with Crippen LogP contribution < -0.4 is 5.73 Å². The molecule has 13 heavy (non-hydrogen) atoms. The first kappa shape index (κ1) is 8.82. The monoisotopic (exact) mass is 179 g/mol. The lowest BCUT2D eigenvalue weighted by Crippen LogP contribution is -2.10. The van der Waals surface area contributed by atoms with Gasteiger partial charge in [-0.05, 0) is 43.9 Å². The molecule has 0 saturated heterocycles. The second-order valence-corrected chi connectivity index (χ2v) is 4.11. The van der Waals surface area contributed by atoms with Gasteiger partial charge in [-0.25, -0.2) is 0 Å². The second kappa shape index (κ2) is 3.18. The van der Waals surface area contributed by atoms with E-state index in [1.807, 2.05) is 6.92 Å². The van der Waals surface area contributed by atoms with Crippen LogP contribution in [0.15, 0.2) is 10.5 Å². The normalized spacial score (nSPS) is 26.4. The summed E-state index contributed by atoms with van der Waals surface area (Å²) in [5, 5.41) is 0. The molecule has 2 unspecified atom stereocenters. The van der Waals surface area contributed by atoms with Crippen molar-refractivity contribution in [3.63, 3.8) is 0 Å². The van der Waals surface area contributed by atoms with Gasteiger partial charge in [-0.2, -0.15) is 0 Å². The van der Waals surface area contributed by atoms with Gasteiger partial charge in [0.15, 0.2) is 0 Å². The standard InChI is InChI=1S/C11H17NO/c1-7-5-9-6-8(2)13-11(9)10(7)3-4-12/h6-7,10H,3-5,12H2,1-2H3. The predicted molar refractivity (Wildman–Crippen MR) is 52.7 cm³/mol. The third-order valence-corrected chi connectivity index (χ3v) is 3.01. The summed E-state index contributed by atoms with van der Waals surface area (Å²) < 4.78 is 5.71. The molecule has 0 fully saturated rings. The highest BCUT2D eigenvalue weighted by Crippen LogP contribution is 2.41. The Labute approximate surface area is 79.1 Å². The molecule has 0 spiro atoms. The lowest BCUT2D eigenvalue weighted by molar-refractivity contribution is 0.386. The molecule has 0 aliphatic heterocycles. The molecule has 2 N–H and O–H groups in total. The van der Waals surface area contributed by atoms with Crippen LogP contribution in [0.4, 0.5) is 0 Å². The highest BCUT2D eigenvalue weighted by molar-refractivity contribution is 5.30. The minimum atomic E-state index is 0.564. The molecule has 0 saturated carbocycles. The van der Waals surface area contributed by atoms with E-state index >= 15 is 0 Å². The number of rotatable bonds is 2.